The van der Waals surface area contributed by atoms with Crippen molar-refractivity contribution in [3.05, 3.63) is 88.4 Å². The topological polar surface area (TPSA) is 58.6 Å². The van der Waals surface area contributed by atoms with E-state index >= 15 is 0 Å². The zero-order valence-corrected chi connectivity index (χ0v) is 19.3. The highest BCUT2D eigenvalue weighted by Gasteiger charge is 2.15. The highest BCUT2D eigenvalue weighted by molar-refractivity contribution is 9.10. The van der Waals surface area contributed by atoms with E-state index < -0.39 is 0 Å². The lowest BCUT2D eigenvalue weighted by Gasteiger charge is -2.18. The van der Waals surface area contributed by atoms with Gasteiger partial charge in [-0.3, -0.25) is 9.59 Å². The lowest BCUT2D eigenvalue weighted by Crippen LogP contribution is -2.26. The first-order valence-electron chi connectivity index (χ1n) is 10.0. The Morgan fingerprint density at radius 1 is 0.968 bits per heavy atom. The number of carbonyl (C=O) groups excluding carboxylic acids is 2. The van der Waals surface area contributed by atoms with E-state index in [1.165, 1.54) is 0 Å². The van der Waals surface area contributed by atoms with Crippen molar-refractivity contribution in [2.45, 2.75) is 13.8 Å². The van der Waals surface area contributed by atoms with Crippen LogP contribution in [0.2, 0.25) is 0 Å². The predicted molar refractivity (Wildman–Crippen MR) is 128 cm³/mol. The van der Waals surface area contributed by atoms with Crippen LogP contribution in [0.1, 0.15) is 34.6 Å². The summed E-state index contributed by atoms with van der Waals surface area (Å²) in [6.07, 6.45) is 0. The summed E-state index contributed by atoms with van der Waals surface area (Å²) in [5.41, 5.74) is 2.32. The van der Waals surface area contributed by atoms with Crippen molar-refractivity contribution in [1.82, 2.24) is 0 Å². The number of rotatable bonds is 7. The Bertz CT molecular complexity index is 1070. The van der Waals surface area contributed by atoms with E-state index in [1.54, 1.807) is 54.4 Å². The fraction of sp³-hybridized carbons (Fsp3) is 0.200. The minimum atomic E-state index is -0.267. The van der Waals surface area contributed by atoms with Crippen molar-refractivity contribution in [2.75, 3.05) is 23.9 Å². The van der Waals surface area contributed by atoms with E-state index in [2.05, 4.69) is 35.1 Å². The maximum Gasteiger partial charge on any atom is 0.258 e. The number of nitrogens with zero attached hydrogens (tertiary/aromatic N) is 1. The first-order chi connectivity index (χ1) is 14.8. The fourth-order valence-electron chi connectivity index (χ4n) is 2.91. The van der Waals surface area contributed by atoms with Crippen molar-refractivity contribution in [2.24, 2.45) is 5.92 Å². The molecule has 1 N–H and O–H groups in total. The third-order valence-corrected chi connectivity index (χ3v) is 5.20. The van der Waals surface area contributed by atoms with Gasteiger partial charge in [0.25, 0.3) is 11.8 Å². The van der Waals surface area contributed by atoms with Gasteiger partial charge in [-0.1, -0.05) is 38.1 Å². The summed E-state index contributed by atoms with van der Waals surface area (Å²) in [5.74, 6) is 0.682. The van der Waals surface area contributed by atoms with Crippen LogP contribution in [-0.4, -0.2) is 25.5 Å². The molecule has 0 saturated carbocycles. The molecule has 0 bridgehead atoms. The number of benzene rings is 3. The third-order valence-electron chi connectivity index (χ3n) is 4.58. The largest absolute Gasteiger partial charge is 0.492 e. The average Bonchev–Trinajstić information content (AvgIpc) is 2.77. The maximum atomic E-state index is 12.8. The van der Waals surface area contributed by atoms with Gasteiger partial charge in [0.2, 0.25) is 0 Å². The molecule has 0 saturated heterocycles. The molecule has 0 fully saturated rings. The maximum absolute atomic E-state index is 12.8. The Morgan fingerprint density at radius 3 is 2.39 bits per heavy atom. The van der Waals surface area contributed by atoms with Gasteiger partial charge >= 0.3 is 0 Å². The van der Waals surface area contributed by atoms with E-state index in [9.17, 15) is 9.59 Å². The Morgan fingerprint density at radius 2 is 1.71 bits per heavy atom. The summed E-state index contributed by atoms with van der Waals surface area (Å²) < 4.78 is 6.45. The van der Waals surface area contributed by atoms with Crippen molar-refractivity contribution < 1.29 is 14.3 Å². The molecule has 2 amide bonds. The van der Waals surface area contributed by atoms with Crippen LogP contribution in [0, 0.1) is 5.92 Å². The van der Waals surface area contributed by atoms with Gasteiger partial charge in [-0.15, -0.1) is 0 Å². The second-order valence-electron chi connectivity index (χ2n) is 7.58. The number of anilines is 2. The van der Waals surface area contributed by atoms with Gasteiger partial charge in [-0.25, -0.2) is 0 Å². The summed E-state index contributed by atoms with van der Waals surface area (Å²) in [6, 6.07) is 21.5. The molecule has 0 unspecified atom stereocenters. The van der Waals surface area contributed by atoms with E-state index in [1.807, 2.05) is 30.3 Å². The summed E-state index contributed by atoms with van der Waals surface area (Å²) in [7, 11) is 1.73. The molecular weight excluding hydrogens is 456 g/mol. The number of hydrogen-bond donors (Lipinski definition) is 1. The molecule has 5 nitrogen and oxygen atoms in total. The number of para-hydroxylation sites is 1. The van der Waals surface area contributed by atoms with Gasteiger partial charge in [0.15, 0.2) is 0 Å². The molecule has 3 aromatic carbocycles. The first kappa shape index (κ1) is 22.6. The molecule has 160 valence electrons. The second kappa shape index (κ2) is 10.3. The highest BCUT2D eigenvalue weighted by atomic mass is 79.9. The molecule has 0 atom stereocenters. The van der Waals surface area contributed by atoms with Gasteiger partial charge in [0.05, 0.1) is 11.1 Å². The summed E-state index contributed by atoms with van der Waals surface area (Å²) in [4.78, 5) is 27.1. The molecule has 6 heteroatoms. The molecule has 0 radical (unpaired) electrons. The van der Waals surface area contributed by atoms with Crippen LogP contribution >= 0.6 is 15.9 Å². The second-order valence-corrected chi connectivity index (χ2v) is 8.44. The van der Waals surface area contributed by atoms with Gasteiger partial charge in [-0.2, -0.15) is 0 Å². The van der Waals surface area contributed by atoms with E-state index in [0.717, 1.165) is 5.69 Å². The number of amides is 2. The van der Waals surface area contributed by atoms with E-state index in [4.69, 9.17) is 4.74 Å². The third kappa shape index (κ3) is 5.95. The first-order valence-corrected chi connectivity index (χ1v) is 10.8. The lowest BCUT2D eigenvalue weighted by molar-refractivity contribution is 0.0990. The highest BCUT2D eigenvalue weighted by Crippen LogP contribution is 2.27. The number of hydrogen-bond acceptors (Lipinski definition) is 3. The van der Waals surface area contributed by atoms with Crippen LogP contribution in [0.4, 0.5) is 11.4 Å². The average molecular weight is 481 g/mol. The SMILES string of the molecule is CC(C)COc1ccc(C(=O)Nc2cccc(C(=O)N(C)c3ccccc3)c2)cc1Br. The van der Waals surface area contributed by atoms with E-state index in [0.29, 0.717) is 39.6 Å². The zero-order chi connectivity index (χ0) is 22.4. The van der Waals surface area contributed by atoms with E-state index in [-0.39, 0.29) is 11.8 Å². The molecule has 0 spiro atoms. The molecule has 31 heavy (non-hydrogen) atoms. The molecule has 0 heterocycles. The Labute approximate surface area is 191 Å². The van der Waals surface area contributed by atoms with Crippen LogP contribution in [0.15, 0.2) is 77.3 Å². The normalized spacial score (nSPS) is 10.6. The Balaban J connectivity index is 1.71. The fourth-order valence-corrected chi connectivity index (χ4v) is 3.40. The molecule has 0 aliphatic carbocycles. The quantitative estimate of drug-likeness (QED) is 0.450. The molecule has 0 aliphatic rings. The predicted octanol–water partition coefficient (Wildman–Crippen LogP) is 6.01. The molecule has 0 aromatic heterocycles. The molecule has 0 aliphatic heterocycles. The van der Waals surface area contributed by atoms with Gasteiger partial charge in [0.1, 0.15) is 5.75 Å². The van der Waals surface area contributed by atoms with Crippen LogP contribution < -0.4 is 15.0 Å². The lowest BCUT2D eigenvalue weighted by atomic mass is 10.1. The number of nitrogens with one attached hydrogen (secondary N) is 1. The van der Waals surface area contributed by atoms with Crippen molar-refractivity contribution in [1.29, 1.82) is 0 Å². The number of ether oxygens (including phenoxy) is 1. The number of halogens is 1. The zero-order valence-electron chi connectivity index (χ0n) is 17.8. The summed E-state index contributed by atoms with van der Waals surface area (Å²) in [5, 5.41) is 2.86. The van der Waals surface area contributed by atoms with Crippen molar-refractivity contribution in [3.8, 4) is 5.75 Å². The van der Waals surface area contributed by atoms with Gasteiger partial charge in [0, 0.05) is 29.5 Å². The summed E-state index contributed by atoms with van der Waals surface area (Å²) >= 11 is 3.46. The van der Waals surface area contributed by atoms with Gasteiger partial charge in [-0.05, 0) is 70.4 Å². The molecular formula is C25H25BrN2O3. The smallest absolute Gasteiger partial charge is 0.258 e. The number of carbonyl (C=O) groups is 2. The van der Waals surface area contributed by atoms with Crippen molar-refractivity contribution in [3.63, 3.8) is 0 Å². The summed E-state index contributed by atoms with van der Waals surface area (Å²) in [6.45, 7) is 4.75. The standard InChI is InChI=1S/C25H25BrN2O3/c1-17(2)16-31-23-13-12-18(15-22(23)26)24(29)27-20-9-7-8-19(14-20)25(30)28(3)21-10-5-4-6-11-21/h4-15,17H,16H2,1-3H3,(H,27,29). The van der Waals surface area contributed by atoms with Crippen LogP contribution in [0.5, 0.6) is 5.75 Å². The Kier molecular flexibility index (Phi) is 7.47. The van der Waals surface area contributed by atoms with Gasteiger partial charge < -0.3 is 15.0 Å². The monoisotopic (exact) mass is 480 g/mol. The minimum absolute atomic E-state index is 0.156. The van der Waals surface area contributed by atoms with Crippen LogP contribution in [0.3, 0.4) is 0 Å². The van der Waals surface area contributed by atoms with Crippen LogP contribution in [-0.2, 0) is 0 Å². The molecule has 3 aromatic rings. The van der Waals surface area contributed by atoms with Crippen molar-refractivity contribution >= 4 is 39.1 Å². The van der Waals surface area contributed by atoms with Crippen LogP contribution in [0.25, 0.3) is 0 Å². The Hall–Kier alpha value is -3.12. The molecule has 3 rings (SSSR count). The minimum Gasteiger partial charge on any atom is -0.492 e.